The zero-order chi connectivity index (χ0) is 10.6. The van der Waals surface area contributed by atoms with Crippen LogP contribution < -0.4 is 0 Å². The highest BCUT2D eigenvalue weighted by molar-refractivity contribution is 6.42. The molecule has 15 heavy (non-hydrogen) atoms. The van der Waals surface area contributed by atoms with E-state index in [4.69, 9.17) is 23.2 Å². The third kappa shape index (κ3) is 1.33. The summed E-state index contributed by atoms with van der Waals surface area (Å²) in [7, 11) is 0. The summed E-state index contributed by atoms with van der Waals surface area (Å²) in [5.41, 5.74) is 1.30. The molecule has 0 N–H and O–H groups in total. The monoisotopic (exact) mass is 240 g/mol. The van der Waals surface area contributed by atoms with Gasteiger partial charge in [0.15, 0.2) is 0 Å². The minimum absolute atomic E-state index is 0.116. The van der Waals surface area contributed by atoms with E-state index in [0.29, 0.717) is 28.2 Å². The van der Waals surface area contributed by atoms with E-state index >= 15 is 0 Å². The number of benzene rings is 1. The topological polar surface area (TPSA) is 17.1 Å². The van der Waals surface area contributed by atoms with Crippen LogP contribution in [0.3, 0.4) is 0 Å². The van der Waals surface area contributed by atoms with Crippen molar-refractivity contribution < 1.29 is 4.79 Å². The average molecular weight is 241 g/mol. The molecule has 0 aromatic heterocycles. The Labute approximate surface area is 98.4 Å². The molecule has 1 unspecified atom stereocenters. The number of ketones is 1. The number of hydrogen-bond donors (Lipinski definition) is 0. The van der Waals surface area contributed by atoms with E-state index in [1.807, 2.05) is 18.2 Å². The van der Waals surface area contributed by atoms with Gasteiger partial charge in [0.2, 0.25) is 0 Å². The summed E-state index contributed by atoms with van der Waals surface area (Å²) in [6, 6.07) is 5.75. The van der Waals surface area contributed by atoms with Crippen molar-refractivity contribution in [3.05, 3.63) is 33.8 Å². The van der Waals surface area contributed by atoms with Gasteiger partial charge in [-0.15, -0.1) is 0 Å². The van der Waals surface area contributed by atoms with E-state index < -0.39 is 0 Å². The molecule has 3 rings (SSSR count). The van der Waals surface area contributed by atoms with Crippen LogP contribution in [0.15, 0.2) is 18.2 Å². The molecule has 0 spiro atoms. The third-order valence-electron chi connectivity index (χ3n) is 3.71. The summed E-state index contributed by atoms with van der Waals surface area (Å²) < 4.78 is 0. The second kappa shape index (κ2) is 2.99. The predicted octanol–water partition coefficient (Wildman–Crippen LogP) is 3.61. The zero-order valence-corrected chi connectivity index (χ0v) is 9.61. The molecule has 1 aromatic carbocycles. The van der Waals surface area contributed by atoms with Crippen molar-refractivity contribution >= 4 is 29.0 Å². The highest BCUT2D eigenvalue weighted by atomic mass is 35.5. The molecule has 1 nitrogen and oxygen atoms in total. The normalized spacial score (nSPS) is 32.9. The summed E-state index contributed by atoms with van der Waals surface area (Å²) in [5.74, 6) is 0.944. The number of Topliss-reactive ketones (excluding diaryl/α,β-unsaturated/α-hetero) is 1. The molecule has 0 radical (unpaired) electrons. The number of carbonyl (C=O) groups excluding carboxylic acids is 1. The summed E-state index contributed by atoms with van der Waals surface area (Å²) in [6.45, 7) is 0. The molecule has 78 valence electrons. The zero-order valence-electron chi connectivity index (χ0n) is 8.09. The molecule has 0 heterocycles. The lowest BCUT2D eigenvalue weighted by atomic mass is 9.93. The quantitative estimate of drug-likeness (QED) is 0.733. The van der Waals surface area contributed by atoms with Gasteiger partial charge in [0, 0.05) is 18.3 Å². The van der Waals surface area contributed by atoms with Crippen molar-refractivity contribution in [3.8, 4) is 0 Å². The number of fused-ring (bicyclic) bond motifs is 1. The molecule has 3 heteroatoms. The van der Waals surface area contributed by atoms with Gasteiger partial charge >= 0.3 is 0 Å². The van der Waals surface area contributed by atoms with Gasteiger partial charge in [-0.25, -0.2) is 0 Å². The predicted molar refractivity (Wildman–Crippen MR) is 60.5 cm³/mol. The first kappa shape index (κ1) is 9.68. The standard InChI is InChI=1S/C12H10Cl2O/c13-10-2-1-7(4-11(10)14)12-5-8(12)3-9(15)6-12/h1-2,4,8H,3,5-6H2/t8-,12?/m1/s1. The van der Waals surface area contributed by atoms with Gasteiger partial charge in [-0.05, 0) is 30.0 Å². The third-order valence-corrected chi connectivity index (χ3v) is 4.45. The van der Waals surface area contributed by atoms with Crippen LogP contribution >= 0.6 is 23.2 Å². The van der Waals surface area contributed by atoms with Crippen LogP contribution in [0, 0.1) is 5.92 Å². The van der Waals surface area contributed by atoms with Crippen LogP contribution in [0.2, 0.25) is 10.0 Å². The van der Waals surface area contributed by atoms with Crippen molar-refractivity contribution in [2.75, 3.05) is 0 Å². The first-order valence-electron chi connectivity index (χ1n) is 5.09. The van der Waals surface area contributed by atoms with Gasteiger partial charge in [-0.3, -0.25) is 4.79 Å². The smallest absolute Gasteiger partial charge is 0.134 e. The molecule has 2 aliphatic carbocycles. The largest absolute Gasteiger partial charge is 0.300 e. The molecular weight excluding hydrogens is 231 g/mol. The molecule has 2 atom stereocenters. The number of carbonyl (C=O) groups is 1. The Kier molecular flexibility index (Phi) is 1.93. The van der Waals surface area contributed by atoms with Crippen LogP contribution in [-0.2, 0) is 10.2 Å². The molecule has 0 amide bonds. The van der Waals surface area contributed by atoms with Crippen molar-refractivity contribution in [1.29, 1.82) is 0 Å². The van der Waals surface area contributed by atoms with Crippen LogP contribution in [0.4, 0.5) is 0 Å². The van der Waals surface area contributed by atoms with E-state index in [1.165, 1.54) is 5.56 Å². The van der Waals surface area contributed by atoms with E-state index in [1.54, 1.807) is 0 Å². The molecule has 0 bridgehead atoms. The Morgan fingerprint density at radius 3 is 2.67 bits per heavy atom. The highest BCUT2D eigenvalue weighted by Gasteiger charge is 2.60. The summed E-state index contributed by atoms with van der Waals surface area (Å²) in [6.07, 6.45) is 2.58. The first-order chi connectivity index (χ1) is 7.12. The fraction of sp³-hybridized carbons (Fsp3) is 0.417. The Morgan fingerprint density at radius 1 is 1.27 bits per heavy atom. The summed E-state index contributed by atoms with van der Waals surface area (Å²) >= 11 is 11.9. The van der Waals surface area contributed by atoms with Gasteiger partial charge in [-0.1, -0.05) is 29.3 Å². The van der Waals surface area contributed by atoms with Crippen molar-refractivity contribution in [1.82, 2.24) is 0 Å². The van der Waals surface area contributed by atoms with Gasteiger partial charge < -0.3 is 0 Å². The van der Waals surface area contributed by atoms with E-state index in [9.17, 15) is 4.79 Å². The van der Waals surface area contributed by atoms with E-state index in [-0.39, 0.29) is 5.41 Å². The first-order valence-corrected chi connectivity index (χ1v) is 5.85. The number of hydrogen-bond acceptors (Lipinski definition) is 1. The second-order valence-corrected chi connectivity index (χ2v) is 5.42. The van der Waals surface area contributed by atoms with Gasteiger partial charge in [0.1, 0.15) is 5.78 Å². The van der Waals surface area contributed by atoms with Crippen LogP contribution in [-0.4, -0.2) is 5.78 Å². The van der Waals surface area contributed by atoms with E-state index in [2.05, 4.69) is 0 Å². The lowest BCUT2D eigenvalue weighted by molar-refractivity contribution is -0.118. The van der Waals surface area contributed by atoms with Crippen LogP contribution in [0.25, 0.3) is 0 Å². The molecule has 2 fully saturated rings. The molecule has 1 aromatic rings. The van der Waals surface area contributed by atoms with E-state index in [0.717, 1.165) is 12.8 Å². The van der Waals surface area contributed by atoms with Gasteiger partial charge in [0.05, 0.1) is 10.0 Å². The number of halogens is 2. The average Bonchev–Trinajstić information content (AvgIpc) is 2.75. The SMILES string of the molecule is O=C1C[C@@H]2CC2(c2ccc(Cl)c(Cl)c2)C1. The second-order valence-electron chi connectivity index (χ2n) is 4.61. The molecule has 0 saturated heterocycles. The molecule has 2 aliphatic rings. The highest BCUT2D eigenvalue weighted by Crippen LogP contribution is 2.63. The van der Waals surface area contributed by atoms with Crippen molar-refractivity contribution in [3.63, 3.8) is 0 Å². The maximum atomic E-state index is 11.4. The molecule has 0 aliphatic heterocycles. The fourth-order valence-corrected chi connectivity index (χ4v) is 3.12. The molecule has 2 saturated carbocycles. The maximum absolute atomic E-state index is 11.4. The Balaban J connectivity index is 2.01. The lowest BCUT2D eigenvalue weighted by Crippen LogP contribution is -2.07. The minimum Gasteiger partial charge on any atom is -0.300 e. The maximum Gasteiger partial charge on any atom is 0.134 e. The summed E-state index contributed by atoms with van der Waals surface area (Å²) in [5, 5.41) is 1.17. The van der Waals surface area contributed by atoms with Gasteiger partial charge in [-0.2, -0.15) is 0 Å². The van der Waals surface area contributed by atoms with Gasteiger partial charge in [0.25, 0.3) is 0 Å². The van der Waals surface area contributed by atoms with Crippen LogP contribution in [0.5, 0.6) is 0 Å². The van der Waals surface area contributed by atoms with Crippen molar-refractivity contribution in [2.24, 2.45) is 5.92 Å². The van der Waals surface area contributed by atoms with Crippen LogP contribution in [0.1, 0.15) is 24.8 Å². The Hall–Kier alpha value is -0.530. The lowest BCUT2D eigenvalue weighted by Gasteiger charge is -2.12. The fourth-order valence-electron chi connectivity index (χ4n) is 2.83. The Morgan fingerprint density at radius 2 is 2.07 bits per heavy atom. The summed E-state index contributed by atoms with van der Waals surface area (Å²) in [4.78, 5) is 11.4. The number of rotatable bonds is 1. The Bertz CT molecular complexity index is 455. The van der Waals surface area contributed by atoms with Crippen molar-refractivity contribution in [2.45, 2.75) is 24.7 Å². The minimum atomic E-state index is 0.116. The molecular formula is C12H10Cl2O.